The Morgan fingerprint density at radius 3 is 2.84 bits per heavy atom. The van der Waals surface area contributed by atoms with Gasteiger partial charge in [0.15, 0.2) is 0 Å². The maximum atomic E-state index is 5.92. The van der Waals surface area contributed by atoms with Crippen molar-refractivity contribution in [3.05, 3.63) is 29.3 Å². The lowest BCUT2D eigenvalue weighted by Crippen LogP contribution is -2.36. The molecule has 1 N–H and O–H groups in total. The molecule has 1 saturated carbocycles. The first-order valence-corrected chi connectivity index (χ1v) is 7.58. The summed E-state index contributed by atoms with van der Waals surface area (Å²) in [5.74, 6) is 1.97. The highest BCUT2D eigenvalue weighted by Gasteiger charge is 2.30. The fourth-order valence-electron chi connectivity index (χ4n) is 3.16. The molecule has 1 atom stereocenters. The smallest absolute Gasteiger partial charge is 0.123 e. The zero-order valence-electron chi connectivity index (χ0n) is 12.3. The standard InChI is InChI=1S/C17H25NO/c1-12(14-5-4-6-14)18-11-13-7-8-16-15(9-13)10-17(2,3)19-16/h7-9,12,14,18H,4-6,10-11H2,1-3H3. The topological polar surface area (TPSA) is 21.3 Å². The summed E-state index contributed by atoms with van der Waals surface area (Å²) in [6, 6.07) is 7.29. The van der Waals surface area contributed by atoms with Gasteiger partial charge in [-0.05, 0) is 56.7 Å². The number of hydrogen-bond acceptors (Lipinski definition) is 2. The van der Waals surface area contributed by atoms with Gasteiger partial charge in [-0.1, -0.05) is 18.6 Å². The van der Waals surface area contributed by atoms with Gasteiger partial charge in [0, 0.05) is 19.0 Å². The van der Waals surface area contributed by atoms with Crippen molar-refractivity contribution in [2.24, 2.45) is 5.92 Å². The molecule has 1 fully saturated rings. The molecule has 2 heteroatoms. The quantitative estimate of drug-likeness (QED) is 0.890. The predicted molar refractivity (Wildman–Crippen MR) is 78.5 cm³/mol. The number of rotatable bonds is 4. The molecule has 1 aromatic carbocycles. The van der Waals surface area contributed by atoms with Crippen LogP contribution in [0.2, 0.25) is 0 Å². The summed E-state index contributed by atoms with van der Waals surface area (Å²) in [7, 11) is 0. The van der Waals surface area contributed by atoms with E-state index in [1.165, 1.54) is 30.4 Å². The van der Waals surface area contributed by atoms with E-state index in [4.69, 9.17) is 4.74 Å². The molecule has 0 bridgehead atoms. The van der Waals surface area contributed by atoms with E-state index in [0.29, 0.717) is 6.04 Å². The van der Waals surface area contributed by atoms with E-state index < -0.39 is 0 Å². The molecule has 0 aromatic heterocycles. The van der Waals surface area contributed by atoms with Crippen LogP contribution in [0.3, 0.4) is 0 Å². The maximum Gasteiger partial charge on any atom is 0.123 e. The van der Waals surface area contributed by atoms with Crippen molar-refractivity contribution < 1.29 is 4.74 Å². The highest BCUT2D eigenvalue weighted by molar-refractivity contribution is 5.41. The fraction of sp³-hybridized carbons (Fsp3) is 0.647. The van der Waals surface area contributed by atoms with Crippen LogP contribution in [-0.2, 0) is 13.0 Å². The molecule has 3 rings (SSSR count). The summed E-state index contributed by atoms with van der Waals surface area (Å²) in [6.45, 7) is 7.61. The van der Waals surface area contributed by atoms with Gasteiger partial charge in [0.1, 0.15) is 11.4 Å². The molecule has 0 amide bonds. The minimum absolute atomic E-state index is 0.0341. The predicted octanol–water partition coefficient (Wildman–Crippen LogP) is 3.68. The molecular weight excluding hydrogens is 234 g/mol. The Morgan fingerprint density at radius 2 is 2.16 bits per heavy atom. The molecule has 1 aromatic rings. The van der Waals surface area contributed by atoms with E-state index in [9.17, 15) is 0 Å². The summed E-state index contributed by atoms with van der Waals surface area (Å²) in [4.78, 5) is 0. The number of ether oxygens (including phenoxy) is 1. The van der Waals surface area contributed by atoms with Gasteiger partial charge in [-0.3, -0.25) is 0 Å². The Balaban J connectivity index is 1.60. The highest BCUT2D eigenvalue weighted by Crippen LogP contribution is 2.35. The maximum absolute atomic E-state index is 5.92. The van der Waals surface area contributed by atoms with E-state index in [2.05, 4.69) is 44.3 Å². The molecule has 2 nitrogen and oxygen atoms in total. The first-order chi connectivity index (χ1) is 9.03. The zero-order valence-corrected chi connectivity index (χ0v) is 12.3. The molecule has 1 aliphatic heterocycles. The van der Waals surface area contributed by atoms with Crippen molar-refractivity contribution in [2.45, 2.75) is 64.6 Å². The lowest BCUT2D eigenvalue weighted by molar-refractivity contribution is 0.138. The third-order valence-corrected chi connectivity index (χ3v) is 4.61. The van der Waals surface area contributed by atoms with Crippen LogP contribution in [0.1, 0.15) is 51.2 Å². The minimum Gasteiger partial charge on any atom is -0.487 e. The number of hydrogen-bond donors (Lipinski definition) is 1. The summed E-state index contributed by atoms with van der Waals surface area (Å²) in [5, 5.41) is 3.67. The van der Waals surface area contributed by atoms with Crippen molar-refractivity contribution >= 4 is 0 Å². The van der Waals surface area contributed by atoms with Crippen LogP contribution < -0.4 is 10.1 Å². The monoisotopic (exact) mass is 259 g/mol. The van der Waals surface area contributed by atoms with E-state index >= 15 is 0 Å². The van der Waals surface area contributed by atoms with Gasteiger partial charge in [-0.2, -0.15) is 0 Å². The van der Waals surface area contributed by atoms with Crippen LogP contribution in [0.25, 0.3) is 0 Å². The largest absolute Gasteiger partial charge is 0.487 e. The molecular formula is C17H25NO. The van der Waals surface area contributed by atoms with Crippen molar-refractivity contribution in [3.8, 4) is 5.75 Å². The second-order valence-corrected chi connectivity index (χ2v) is 6.84. The lowest BCUT2D eigenvalue weighted by atomic mass is 9.80. The molecule has 2 aliphatic rings. The Hall–Kier alpha value is -1.02. The summed E-state index contributed by atoms with van der Waals surface area (Å²) < 4.78 is 5.92. The number of nitrogens with one attached hydrogen (secondary N) is 1. The van der Waals surface area contributed by atoms with Gasteiger partial charge in [0.25, 0.3) is 0 Å². The van der Waals surface area contributed by atoms with E-state index in [0.717, 1.165) is 24.6 Å². The van der Waals surface area contributed by atoms with Gasteiger partial charge in [0.2, 0.25) is 0 Å². The van der Waals surface area contributed by atoms with Crippen molar-refractivity contribution in [3.63, 3.8) is 0 Å². The molecule has 19 heavy (non-hydrogen) atoms. The molecule has 0 radical (unpaired) electrons. The average molecular weight is 259 g/mol. The van der Waals surface area contributed by atoms with Gasteiger partial charge in [-0.25, -0.2) is 0 Å². The van der Waals surface area contributed by atoms with Crippen LogP contribution in [0.15, 0.2) is 18.2 Å². The van der Waals surface area contributed by atoms with Crippen molar-refractivity contribution in [1.29, 1.82) is 0 Å². The van der Waals surface area contributed by atoms with E-state index in [-0.39, 0.29) is 5.60 Å². The van der Waals surface area contributed by atoms with Crippen LogP contribution in [0.4, 0.5) is 0 Å². The molecule has 104 valence electrons. The van der Waals surface area contributed by atoms with Crippen LogP contribution in [0, 0.1) is 5.92 Å². The minimum atomic E-state index is -0.0341. The highest BCUT2D eigenvalue weighted by atomic mass is 16.5. The van der Waals surface area contributed by atoms with E-state index in [1.54, 1.807) is 0 Å². The Labute approximate surface area is 116 Å². The lowest BCUT2D eigenvalue weighted by Gasteiger charge is -2.32. The van der Waals surface area contributed by atoms with Crippen molar-refractivity contribution in [2.75, 3.05) is 0 Å². The zero-order chi connectivity index (χ0) is 13.5. The third kappa shape index (κ3) is 2.79. The van der Waals surface area contributed by atoms with E-state index in [1.807, 2.05) is 0 Å². The van der Waals surface area contributed by atoms with Crippen LogP contribution in [-0.4, -0.2) is 11.6 Å². The SMILES string of the molecule is CC(NCc1ccc2c(c1)CC(C)(C)O2)C1CCC1. The van der Waals surface area contributed by atoms with Crippen LogP contribution >= 0.6 is 0 Å². The Bertz CT molecular complexity index is 462. The van der Waals surface area contributed by atoms with Gasteiger partial charge >= 0.3 is 0 Å². The van der Waals surface area contributed by atoms with Crippen LogP contribution in [0.5, 0.6) is 5.75 Å². The summed E-state index contributed by atoms with van der Waals surface area (Å²) >= 11 is 0. The molecule has 1 aliphatic carbocycles. The summed E-state index contributed by atoms with van der Waals surface area (Å²) in [5.41, 5.74) is 2.71. The molecule has 1 heterocycles. The molecule has 0 saturated heterocycles. The van der Waals surface area contributed by atoms with Gasteiger partial charge in [-0.15, -0.1) is 0 Å². The summed E-state index contributed by atoms with van der Waals surface area (Å²) in [6.07, 6.45) is 5.25. The Morgan fingerprint density at radius 1 is 1.37 bits per heavy atom. The van der Waals surface area contributed by atoms with Crippen molar-refractivity contribution in [1.82, 2.24) is 5.32 Å². The van der Waals surface area contributed by atoms with Gasteiger partial charge in [0.05, 0.1) is 0 Å². The normalized spacial score (nSPS) is 22.5. The fourth-order valence-corrected chi connectivity index (χ4v) is 3.16. The Kier molecular flexibility index (Phi) is 3.30. The average Bonchev–Trinajstić information content (AvgIpc) is 2.57. The molecule has 1 unspecified atom stereocenters. The number of benzene rings is 1. The number of fused-ring (bicyclic) bond motifs is 1. The first kappa shape index (κ1) is 13.0. The molecule has 0 spiro atoms. The second kappa shape index (κ2) is 4.82. The second-order valence-electron chi connectivity index (χ2n) is 6.84. The third-order valence-electron chi connectivity index (χ3n) is 4.61. The first-order valence-electron chi connectivity index (χ1n) is 7.58. The van der Waals surface area contributed by atoms with Gasteiger partial charge < -0.3 is 10.1 Å².